The molecular formula is C14H16N2O3. The molecule has 2 aromatic rings. The topological polar surface area (TPSA) is 75.3 Å². The molecule has 1 aromatic carbocycles. The molecule has 3 rings (SSSR count). The maximum absolute atomic E-state index is 11.0. The maximum Gasteiger partial charge on any atom is 0.335 e. The van der Waals surface area contributed by atoms with Crippen molar-refractivity contribution in [3.63, 3.8) is 0 Å². The number of aliphatic hydroxyl groups excluding tert-OH is 1. The van der Waals surface area contributed by atoms with Crippen LogP contribution in [0.4, 0.5) is 0 Å². The highest BCUT2D eigenvalue weighted by Gasteiger charge is 2.25. The van der Waals surface area contributed by atoms with Gasteiger partial charge in [0, 0.05) is 12.5 Å². The average Bonchev–Trinajstić information content (AvgIpc) is 2.97. The van der Waals surface area contributed by atoms with Gasteiger partial charge in [-0.25, -0.2) is 9.78 Å². The lowest BCUT2D eigenvalue weighted by Crippen LogP contribution is -2.18. The number of carboxylic acid groups (broad SMARTS) is 1. The molecule has 100 valence electrons. The molecule has 0 radical (unpaired) electrons. The Morgan fingerprint density at radius 3 is 2.95 bits per heavy atom. The van der Waals surface area contributed by atoms with E-state index >= 15 is 0 Å². The van der Waals surface area contributed by atoms with Crippen LogP contribution in [0.5, 0.6) is 0 Å². The van der Waals surface area contributed by atoms with Crippen molar-refractivity contribution in [3.8, 4) is 0 Å². The molecule has 1 saturated carbocycles. The molecule has 2 atom stereocenters. The van der Waals surface area contributed by atoms with E-state index in [2.05, 4.69) is 4.98 Å². The van der Waals surface area contributed by atoms with Crippen molar-refractivity contribution < 1.29 is 15.0 Å². The van der Waals surface area contributed by atoms with Crippen LogP contribution in [0.15, 0.2) is 24.5 Å². The fourth-order valence-electron chi connectivity index (χ4n) is 2.82. The van der Waals surface area contributed by atoms with Crippen LogP contribution in [-0.4, -0.2) is 31.8 Å². The summed E-state index contributed by atoms with van der Waals surface area (Å²) in [5, 5.41) is 18.9. The first-order valence-corrected chi connectivity index (χ1v) is 6.51. The van der Waals surface area contributed by atoms with Crippen LogP contribution in [0, 0.1) is 5.92 Å². The standard InChI is InChI=1S/C14H16N2O3/c17-13-3-1-2-10(13)7-16-8-15-11-5-4-9(14(18)19)6-12(11)16/h4-6,8,10,13,17H,1-3,7H2,(H,18,19). The molecule has 0 spiro atoms. The van der Waals surface area contributed by atoms with Gasteiger partial charge in [-0.1, -0.05) is 6.42 Å². The fraction of sp³-hybridized carbons (Fsp3) is 0.429. The van der Waals surface area contributed by atoms with Crippen LogP contribution >= 0.6 is 0 Å². The molecular weight excluding hydrogens is 244 g/mol. The normalized spacial score (nSPS) is 23.0. The zero-order chi connectivity index (χ0) is 13.4. The molecule has 2 unspecified atom stereocenters. The molecule has 1 aromatic heterocycles. The number of aromatic carboxylic acids is 1. The van der Waals surface area contributed by atoms with Crippen LogP contribution in [0.2, 0.25) is 0 Å². The summed E-state index contributed by atoms with van der Waals surface area (Å²) < 4.78 is 1.95. The summed E-state index contributed by atoms with van der Waals surface area (Å²) in [6.45, 7) is 0.695. The maximum atomic E-state index is 11.0. The van der Waals surface area contributed by atoms with Gasteiger partial charge in [-0.2, -0.15) is 0 Å². The Hall–Kier alpha value is -1.88. The van der Waals surface area contributed by atoms with Crippen molar-refractivity contribution in [2.24, 2.45) is 5.92 Å². The molecule has 0 aliphatic heterocycles. The third kappa shape index (κ3) is 2.21. The summed E-state index contributed by atoms with van der Waals surface area (Å²) in [6.07, 6.45) is 4.40. The number of aromatic nitrogens is 2. The number of aliphatic hydroxyl groups is 1. The highest BCUT2D eigenvalue weighted by Crippen LogP contribution is 2.28. The number of imidazole rings is 1. The summed E-state index contributed by atoms with van der Waals surface area (Å²) in [5.74, 6) is -0.693. The van der Waals surface area contributed by atoms with Gasteiger partial charge in [0.2, 0.25) is 0 Å². The van der Waals surface area contributed by atoms with Gasteiger partial charge in [0.25, 0.3) is 0 Å². The van der Waals surface area contributed by atoms with Crippen LogP contribution in [-0.2, 0) is 6.54 Å². The van der Waals surface area contributed by atoms with Crippen molar-refractivity contribution in [1.29, 1.82) is 0 Å². The lowest BCUT2D eigenvalue weighted by molar-refractivity contribution is 0.0697. The van der Waals surface area contributed by atoms with E-state index in [0.717, 1.165) is 30.3 Å². The molecule has 1 fully saturated rings. The Morgan fingerprint density at radius 2 is 2.26 bits per heavy atom. The van der Waals surface area contributed by atoms with Crippen molar-refractivity contribution in [3.05, 3.63) is 30.1 Å². The second-order valence-corrected chi connectivity index (χ2v) is 5.16. The van der Waals surface area contributed by atoms with E-state index < -0.39 is 5.97 Å². The smallest absolute Gasteiger partial charge is 0.335 e. The van der Waals surface area contributed by atoms with Gasteiger partial charge >= 0.3 is 5.97 Å². The lowest BCUT2D eigenvalue weighted by atomic mass is 10.1. The van der Waals surface area contributed by atoms with Crippen LogP contribution in [0.1, 0.15) is 29.6 Å². The average molecular weight is 260 g/mol. The summed E-state index contributed by atoms with van der Waals surface area (Å²) in [5.41, 5.74) is 1.87. The number of benzene rings is 1. The first-order valence-electron chi connectivity index (χ1n) is 6.51. The summed E-state index contributed by atoms with van der Waals surface area (Å²) in [6, 6.07) is 4.93. The summed E-state index contributed by atoms with van der Waals surface area (Å²) in [7, 11) is 0. The largest absolute Gasteiger partial charge is 0.478 e. The van der Waals surface area contributed by atoms with Crippen LogP contribution in [0.25, 0.3) is 11.0 Å². The zero-order valence-corrected chi connectivity index (χ0v) is 10.5. The third-order valence-electron chi connectivity index (χ3n) is 3.92. The van der Waals surface area contributed by atoms with E-state index in [9.17, 15) is 9.90 Å². The highest BCUT2D eigenvalue weighted by molar-refractivity contribution is 5.92. The van der Waals surface area contributed by atoms with E-state index in [1.54, 1.807) is 24.5 Å². The Bertz CT molecular complexity index is 620. The number of fused-ring (bicyclic) bond motifs is 1. The lowest BCUT2D eigenvalue weighted by Gasteiger charge is -2.15. The van der Waals surface area contributed by atoms with Crippen LogP contribution in [0.3, 0.4) is 0 Å². The van der Waals surface area contributed by atoms with Crippen molar-refractivity contribution >= 4 is 17.0 Å². The quantitative estimate of drug-likeness (QED) is 0.883. The Kier molecular flexibility index (Phi) is 2.98. The monoisotopic (exact) mass is 260 g/mol. The van der Waals surface area contributed by atoms with Gasteiger partial charge in [-0.3, -0.25) is 0 Å². The minimum absolute atomic E-state index is 0.242. The minimum atomic E-state index is -0.935. The minimum Gasteiger partial charge on any atom is -0.478 e. The van der Waals surface area contributed by atoms with Gasteiger partial charge < -0.3 is 14.8 Å². The van der Waals surface area contributed by atoms with Gasteiger partial charge in [0.15, 0.2) is 0 Å². The van der Waals surface area contributed by atoms with Gasteiger partial charge in [0.05, 0.1) is 29.0 Å². The number of hydrogen-bond donors (Lipinski definition) is 2. The van der Waals surface area contributed by atoms with E-state index in [1.807, 2.05) is 4.57 Å². The molecule has 1 heterocycles. The zero-order valence-electron chi connectivity index (χ0n) is 10.5. The third-order valence-corrected chi connectivity index (χ3v) is 3.92. The Labute approximate surface area is 110 Å². The molecule has 1 aliphatic rings. The molecule has 19 heavy (non-hydrogen) atoms. The number of hydrogen-bond acceptors (Lipinski definition) is 3. The van der Waals surface area contributed by atoms with E-state index in [4.69, 9.17) is 5.11 Å². The SMILES string of the molecule is O=C(O)c1ccc2ncn(CC3CCCC3O)c2c1. The predicted molar refractivity (Wildman–Crippen MR) is 70.0 cm³/mol. The molecule has 0 saturated heterocycles. The van der Waals surface area contributed by atoms with Crippen molar-refractivity contribution in [2.75, 3.05) is 0 Å². The van der Waals surface area contributed by atoms with Gasteiger partial charge in [-0.15, -0.1) is 0 Å². The summed E-state index contributed by atoms with van der Waals surface area (Å²) >= 11 is 0. The number of carboxylic acids is 1. The second kappa shape index (κ2) is 4.66. The van der Waals surface area contributed by atoms with E-state index in [-0.39, 0.29) is 17.6 Å². The molecule has 5 heteroatoms. The summed E-state index contributed by atoms with van der Waals surface area (Å²) in [4.78, 5) is 15.3. The molecule has 0 bridgehead atoms. The molecule has 5 nitrogen and oxygen atoms in total. The van der Waals surface area contributed by atoms with Crippen LogP contribution < -0.4 is 0 Å². The van der Waals surface area contributed by atoms with Gasteiger partial charge in [-0.05, 0) is 31.0 Å². The first kappa shape index (κ1) is 12.2. The number of rotatable bonds is 3. The molecule has 0 amide bonds. The highest BCUT2D eigenvalue weighted by atomic mass is 16.4. The first-order chi connectivity index (χ1) is 9.15. The number of nitrogens with zero attached hydrogens (tertiary/aromatic N) is 2. The van der Waals surface area contributed by atoms with Gasteiger partial charge in [0.1, 0.15) is 0 Å². The second-order valence-electron chi connectivity index (χ2n) is 5.16. The van der Waals surface area contributed by atoms with E-state index in [0.29, 0.717) is 6.54 Å². The molecule has 2 N–H and O–H groups in total. The van der Waals surface area contributed by atoms with Crippen molar-refractivity contribution in [2.45, 2.75) is 31.9 Å². The molecule has 1 aliphatic carbocycles. The fourth-order valence-corrected chi connectivity index (χ4v) is 2.82. The van der Waals surface area contributed by atoms with E-state index in [1.165, 1.54) is 0 Å². The van der Waals surface area contributed by atoms with Crippen molar-refractivity contribution in [1.82, 2.24) is 9.55 Å². The number of carbonyl (C=O) groups is 1. The predicted octanol–water partition coefficient (Wildman–Crippen LogP) is 1.90. The Balaban J connectivity index is 1.94. The Morgan fingerprint density at radius 1 is 1.42 bits per heavy atom.